The van der Waals surface area contributed by atoms with E-state index in [2.05, 4.69) is 4.72 Å². The summed E-state index contributed by atoms with van der Waals surface area (Å²) in [6.07, 6.45) is 0. The van der Waals surface area contributed by atoms with Gasteiger partial charge in [-0.1, -0.05) is 0 Å². The summed E-state index contributed by atoms with van der Waals surface area (Å²) in [6.45, 7) is 3.33. The van der Waals surface area contributed by atoms with Crippen molar-refractivity contribution in [2.75, 3.05) is 27.2 Å². The van der Waals surface area contributed by atoms with Crippen molar-refractivity contribution >= 4 is 21.4 Å². The Morgan fingerprint density at radius 3 is 2.59 bits per heavy atom. The molecule has 3 N–H and O–H groups in total. The fourth-order valence-corrected chi connectivity index (χ4v) is 3.83. The van der Waals surface area contributed by atoms with Gasteiger partial charge >= 0.3 is 0 Å². The lowest BCUT2D eigenvalue weighted by atomic mass is 10.3. The van der Waals surface area contributed by atoms with Crippen LogP contribution >= 0.6 is 11.3 Å². The van der Waals surface area contributed by atoms with Gasteiger partial charge in [-0.3, -0.25) is 0 Å². The second kappa shape index (κ2) is 5.92. The maximum atomic E-state index is 11.9. The van der Waals surface area contributed by atoms with E-state index in [1.54, 1.807) is 6.07 Å². The molecule has 0 unspecified atom stereocenters. The summed E-state index contributed by atoms with van der Waals surface area (Å²) < 4.78 is 26.8. The predicted molar refractivity (Wildman–Crippen MR) is 70.7 cm³/mol. The van der Waals surface area contributed by atoms with E-state index >= 15 is 0 Å². The van der Waals surface area contributed by atoms with Crippen LogP contribution in [-0.4, -0.2) is 40.5 Å². The van der Waals surface area contributed by atoms with Gasteiger partial charge in [0.2, 0.25) is 10.0 Å². The molecule has 0 atom stereocenters. The van der Waals surface area contributed by atoms with Gasteiger partial charge in [0.25, 0.3) is 0 Å². The number of hydrogen-bond donors (Lipinski definition) is 2. The molecule has 1 aromatic rings. The van der Waals surface area contributed by atoms with E-state index in [4.69, 9.17) is 5.73 Å². The first-order chi connectivity index (χ1) is 7.86. The molecule has 98 valence electrons. The van der Waals surface area contributed by atoms with Crippen molar-refractivity contribution in [3.05, 3.63) is 16.5 Å². The van der Waals surface area contributed by atoms with Crippen molar-refractivity contribution in [2.45, 2.75) is 17.7 Å². The predicted octanol–water partition coefficient (Wildman–Crippen LogP) is 0.355. The first kappa shape index (κ1) is 14.6. The minimum absolute atomic E-state index is 0.342. The Balaban J connectivity index is 2.75. The number of hydrogen-bond acceptors (Lipinski definition) is 5. The molecule has 0 fully saturated rings. The van der Waals surface area contributed by atoms with E-state index in [-0.39, 0.29) is 0 Å². The van der Waals surface area contributed by atoms with Crippen LogP contribution in [0.25, 0.3) is 0 Å². The average molecular weight is 277 g/mol. The lowest BCUT2D eigenvalue weighted by Gasteiger charge is -2.09. The number of nitrogens with two attached hydrogens (primary N) is 1. The van der Waals surface area contributed by atoms with Crippen molar-refractivity contribution in [3.63, 3.8) is 0 Å². The van der Waals surface area contributed by atoms with Crippen LogP contribution in [-0.2, 0) is 16.6 Å². The second-order valence-corrected chi connectivity index (χ2v) is 7.21. The molecule has 1 rings (SSSR count). The molecule has 0 radical (unpaired) electrons. The maximum absolute atomic E-state index is 11.9. The largest absolute Gasteiger partial charge is 0.326 e. The lowest BCUT2D eigenvalue weighted by Crippen LogP contribution is -2.30. The van der Waals surface area contributed by atoms with Crippen LogP contribution in [0.15, 0.2) is 10.3 Å². The van der Waals surface area contributed by atoms with Crippen molar-refractivity contribution < 1.29 is 8.42 Å². The number of thiophene rings is 1. The summed E-state index contributed by atoms with van der Waals surface area (Å²) in [4.78, 5) is 2.84. The molecule has 0 aliphatic rings. The molecule has 0 amide bonds. The van der Waals surface area contributed by atoms with E-state index in [1.165, 1.54) is 11.3 Å². The first-order valence-electron chi connectivity index (χ1n) is 5.30. The van der Waals surface area contributed by atoms with Gasteiger partial charge in [0.15, 0.2) is 0 Å². The quantitative estimate of drug-likeness (QED) is 0.787. The number of sulfonamides is 1. The third kappa shape index (κ3) is 4.04. The van der Waals surface area contributed by atoms with Crippen LogP contribution in [0.4, 0.5) is 0 Å². The van der Waals surface area contributed by atoms with Crippen LogP contribution in [0.5, 0.6) is 0 Å². The van der Waals surface area contributed by atoms with E-state index in [1.807, 2.05) is 25.9 Å². The normalized spacial score (nSPS) is 12.3. The maximum Gasteiger partial charge on any atom is 0.250 e. The van der Waals surface area contributed by atoms with Gasteiger partial charge in [-0.15, -0.1) is 11.3 Å². The highest BCUT2D eigenvalue weighted by molar-refractivity contribution is 7.91. The number of likely N-dealkylation sites (N-methyl/N-ethyl adjacent to an activating group) is 1. The molecule has 0 saturated heterocycles. The van der Waals surface area contributed by atoms with Gasteiger partial charge in [-0.05, 0) is 32.6 Å². The topological polar surface area (TPSA) is 75.4 Å². The standard InChI is InChI=1S/C10H19N3O2S2/c1-8-6-10(16-9(8)7-11)17(14,15)12-4-5-13(2)3/h6,12H,4-5,7,11H2,1-3H3. The van der Waals surface area contributed by atoms with Crippen molar-refractivity contribution in [1.82, 2.24) is 9.62 Å². The monoisotopic (exact) mass is 277 g/mol. The molecule has 0 aromatic carbocycles. The summed E-state index contributed by atoms with van der Waals surface area (Å²) in [5.41, 5.74) is 6.47. The van der Waals surface area contributed by atoms with E-state index < -0.39 is 10.0 Å². The fourth-order valence-electron chi connectivity index (χ4n) is 1.30. The van der Waals surface area contributed by atoms with Crippen LogP contribution < -0.4 is 10.5 Å². The molecule has 0 saturated carbocycles. The van der Waals surface area contributed by atoms with Crippen LogP contribution in [0, 0.1) is 6.92 Å². The Morgan fingerprint density at radius 1 is 1.47 bits per heavy atom. The summed E-state index contributed by atoms with van der Waals surface area (Å²) in [6, 6.07) is 1.67. The molecule has 17 heavy (non-hydrogen) atoms. The zero-order valence-electron chi connectivity index (χ0n) is 10.4. The Bertz CT molecular complexity index is 466. The first-order valence-corrected chi connectivity index (χ1v) is 7.60. The van der Waals surface area contributed by atoms with E-state index in [0.717, 1.165) is 10.4 Å². The molecule has 0 spiro atoms. The lowest BCUT2D eigenvalue weighted by molar-refractivity contribution is 0.412. The van der Waals surface area contributed by atoms with Gasteiger partial charge in [-0.2, -0.15) is 0 Å². The van der Waals surface area contributed by atoms with Crippen molar-refractivity contribution in [3.8, 4) is 0 Å². The summed E-state index contributed by atoms with van der Waals surface area (Å²) in [7, 11) is 0.416. The molecule has 0 aliphatic carbocycles. The molecule has 7 heteroatoms. The summed E-state index contributed by atoms with van der Waals surface area (Å²) >= 11 is 1.24. The average Bonchev–Trinajstić information content (AvgIpc) is 2.59. The van der Waals surface area contributed by atoms with Gasteiger partial charge < -0.3 is 10.6 Å². The highest BCUT2D eigenvalue weighted by atomic mass is 32.2. The second-order valence-electron chi connectivity index (χ2n) is 4.08. The van der Waals surface area contributed by atoms with E-state index in [9.17, 15) is 8.42 Å². The van der Waals surface area contributed by atoms with Gasteiger partial charge in [0, 0.05) is 24.5 Å². The Morgan fingerprint density at radius 2 is 2.12 bits per heavy atom. The number of aryl methyl sites for hydroxylation is 1. The zero-order valence-corrected chi connectivity index (χ0v) is 12.0. The van der Waals surface area contributed by atoms with Crippen LogP contribution in [0.2, 0.25) is 0 Å². The van der Waals surface area contributed by atoms with Crippen LogP contribution in [0.1, 0.15) is 10.4 Å². The van der Waals surface area contributed by atoms with Gasteiger partial charge in [0.1, 0.15) is 4.21 Å². The van der Waals surface area contributed by atoms with Gasteiger partial charge in [-0.25, -0.2) is 13.1 Å². The minimum Gasteiger partial charge on any atom is -0.326 e. The smallest absolute Gasteiger partial charge is 0.250 e. The third-order valence-corrected chi connectivity index (χ3v) is 5.49. The molecule has 1 heterocycles. The molecule has 0 aliphatic heterocycles. The molecular formula is C10H19N3O2S2. The minimum atomic E-state index is -3.38. The Hall–Kier alpha value is -0.470. The van der Waals surface area contributed by atoms with E-state index in [0.29, 0.717) is 23.8 Å². The van der Waals surface area contributed by atoms with Crippen molar-refractivity contribution in [1.29, 1.82) is 0 Å². The fraction of sp³-hybridized carbons (Fsp3) is 0.600. The third-order valence-electron chi connectivity index (χ3n) is 2.30. The number of nitrogens with one attached hydrogen (secondary N) is 1. The van der Waals surface area contributed by atoms with Gasteiger partial charge in [0.05, 0.1) is 0 Å². The molecule has 5 nitrogen and oxygen atoms in total. The summed E-state index contributed by atoms with van der Waals surface area (Å²) in [5.74, 6) is 0. The number of rotatable bonds is 6. The van der Waals surface area contributed by atoms with Crippen molar-refractivity contribution in [2.24, 2.45) is 5.73 Å². The Kier molecular flexibility index (Phi) is 5.08. The highest BCUT2D eigenvalue weighted by Crippen LogP contribution is 2.25. The number of nitrogens with zero attached hydrogens (tertiary/aromatic N) is 1. The SMILES string of the molecule is Cc1cc(S(=O)(=O)NCCN(C)C)sc1CN. The molecule has 1 aromatic heterocycles. The molecule has 0 bridgehead atoms. The van der Waals surface area contributed by atoms with Crippen LogP contribution in [0.3, 0.4) is 0 Å². The molecular weight excluding hydrogens is 258 g/mol. The Labute approximate surface area is 107 Å². The highest BCUT2D eigenvalue weighted by Gasteiger charge is 2.17. The zero-order chi connectivity index (χ0) is 13.1. The summed E-state index contributed by atoms with van der Waals surface area (Å²) in [5, 5.41) is 0.